The molecule has 5 N–H and O–H groups in total. The minimum Gasteiger partial charge on any atom is -0.409 e. The fourth-order valence-electron chi connectivity index (χ4n) is 1.48. The zero-order valence-electron chi connectivity index (χ0n) is 10.6. The Hall–Kier alpha value is -2.31. The Morgan fingerprint density at radius 2 is 2.26 bits per heavy atom. The molecule has 0 aliphatic heterocycles. The van der Waals surface area contributed by atoms with E-state index in [4.69, 9.17) is 10.9 Å². The molecule has 1 rings (SSSR count). The van der Waals surface area contributed by atoms with E-state index in [1.165, 1.54) is 12.1 Å². The van der Waals surface area contributed by atoms with Gasteiger partial charge in [0.05, 0.1) is 11.3 Å². The smallest absolute Gasteiger partial charge is 0.319 e. The third-order valence-electron chi connectivity index (χ3n) is 2.44. The summed E-state index contributed by atoms with van der Waals surface area (Å²) in [5.41, 5.74) is 5.38. The van der Waals surface area contributed by atoms with Gasteiger partial charge in [-0.15, -0.1) is 0 Å². The Bertz CT molecular complexity index is 477. The molecule has 0 saturated heterocycles. The highest BCUT2D eigenvalue weighted by molar-refractivity contribution is 6.05. The topological polar surface area (TPSA) is 99.7 Å². The lowest BCUT2D eigenvalue weighted by Crippen LogP contribution is -2.30. The van der Waals surface area contributed by atoms with E-state index in [0.717, 1.165) is 18.9 Å². The molecule has 104 valence electrons. The van der Waals surface area contributed by atoms with E-state index in [-0.39, 0.29) is 11.3 Å². The van der Waals surface area contributed by atoms with Gasteiger partial charge in [0.25, 0.3) is 0 Å². The van der Waals surface area contributed by atoms with Crippen molar-refractivity contribution in [2.45, 2.75) is 19.8 Å². The van der Waals surface area contributed by atoms with Crippen LogP contribution in [-0.4, -0.2) is 23.6 Å². The number of hydrogen-bond acceptors (Lipinski definition) is 3. The van der Waals surface area contributed by atoms with Crippen LogP contribution in [0.3, 0.4) is 0 Å². The Morgan fingerprint density at radius 1 is 1.53 bits per heavy atom. The maximum Gasteiger partial charge on any atom is 0.319 e. The molecule has 0 aliphatic rings. The van der Waals surface area contributed by atoms with E-state index in [0.29, 0.717) is 6.54 Å². The molecule has 19 heavy (non-hydrogen) atoms. The average Bonchev–Trinajstić information content (AvgIpc) is 2.38. The molecular formula is C12H17FN4O2. The lowest BCUT2D eigenvalue weighted by molar-refractivity contribution is 0.252. The number of anilines is 1. The highest BCUT2D eigenvalue weighted by atomic mass is 19.1. The lowest BCUT2D eigenvalue weighted by Gasteiger charge is -2.11. The molecule has 0 saturated carbocycles. The van der Waals surface area contributed by atoms with E-state index in [1.54, 1.807) is 0 Å². The largest absolute Gasteiger partial charge is 0.409 e. The highest BCUT2D eigenvalue weighted by Gasteiger charge is 2.14. The standard InChI is InChI=1S/C12H17FN4O2/c1-2-3-7-15-12(18)16-9-6-4-5-8(13)10(9)11(14)17-19/h4-6,19H,2-3,7H2,1H3,(H2,14,17)(H2,15,16,18). The number of unbranched alkanes of at least 4 members (excludes halogenated alkanes) is 1. The number of urea groups is 1. The van der Waals surface area contributed by atoms with Crippen molar-refractivity contribution in [3.8, 4) is 0 Å². The van der Waals surface area contributed by atoms with Gasteiger partial charge in [-0.1, -0.05) is 24.6 Å². The number of carbonyl (C=O) groups excluding carboxylic acids is 1. The predicted octanol–water partition coefficient (Wildman–Crippen LogP) is 1.84. The molecule has 0 unspecified atom stereocenters. The summed E-state index contributed by atoms with van der Waals surface area (Å²) in [7, 11) is 0. The minimum absolute atomic E-state index is 0.143. The monoisotopic (exact) mass is 268 g/mol. The van der Waals surface area contributed by atoms with Gasteiger partial charge < -0.3 is 21.6 Å². The summed E-state index contributed by atoms with van der Waals surface area (Å²) >= 11 is 0. The van der Waals surface area contributed by atoms with E-state index in [1.807, 2.05) is 6.92 Å². The Kier molecular flexibility index (Phi) is 5.59. The first-order chi connectivity index (χ1) is 9.10. The van der Waals surface area contributed by atoms with Crippen molar-refractivity contribution in [3.63, 3.8) is 0 Å². The average molecular weight is 268 g/mol. The molecule has 0 fully saturated rings. The van der Waals surface area contributed by atoms with Gasteiger partial charge in [-0.2, -0.15) is 0 Å². The van der Waals surface area contributed by atoms with Crippen LogP contribution in [0.5, 0.6) is 0 Å². The molecule has 1 aromatic rings. The van der Waals surface area contributed by atoms with Crippen LogP contribution in [0.15, 0.2) is 23.4 Å². The molecule has 6 nitrogen and oxygen atoms in total. The van der Waals surface area contributed by atoms with Crippen LogP contribution in [0.2, 0.25) is 0 Å². The number of nitrogens with one attached hydrogen (secondary N) is 2. The Morgan fingerprint density at radius 3 is 2.89 bits per heavy atom. The number of oxime groups is 1. The molecule has 7 heteroatoms. The van der Waals surface area contributed by atoms with E-state index in [2.05, 4.69) is 15.8 Å². The zero-order valence-corrected chi connectivity index (χ0v) is 10.6. The summed E-state index contributed by atoms with van der Waals surface area (Å²) < 4.78 is 13.6. The van der Waals surface area contributed by atoms with E-state index >= 15 is 0 Å². The number of benzene rings is 1. The van der Waals surface area contributed by atoms with Gasteiger partial charge in [0, 0.05) is 6.54 Å². The summed E-state index contributed by atoms with van der Waals surface area (Å²) in [6, 6.07) is 3.58. The molecule has 1 aromatic carbocycles. The van der Waals surface area contributed by atoms with Crippen LogP contribution in [0.25, 0.3) is 0 Å². The first kappa shape index (κ1) is 14.7. The maximum atomic E-state index is 13.6. The summed E-state index contributed by atoms with van der Waals surface area (Å²) in [6.45, 7) is 2.53. The van der Waals surface area contributed by atoms with Gasteiger partial charge >= 0.3 is 6.03 Å². The molecule has 0 bridgehead atoms. The summed E-state index contributed by atoms with van der Waals surface area (Å²) in [4.78, 5) is 11.6. The van der Waals surface area contributed by atoms with Gasteiger partial charge in [-0.3, -0.25) is 0 Å². The molecule has 0 heterocycles. The third-order valence-corrected chi connectivity index (χ3v) is 2.44. The number of halogens is 1. The van der Waals surface area contributed by atoms with Gasteiger partial charge in [0.2, 0.25) is 0 Å². The van der Waals surface area contributed by atoms with Crippen LogP contribution in [-0.2, 0) is 0 Å². The lowest BCUT2D eigenvalue weighted by atomic mass is 10.1. The molecule has 0 radical (unpaired) electrons. The predicted molar refractivity (Wildman–Crippen MR) is 70.8 cm³/mol. The minimum atomic E-state index is -0.679. The molecule has 0 spiro atoms. The van der Waals surface area contributed by atoms with Crippen LogP contribution in [0.4, 0.5) is 14.9 Å². The van der Waals surface area contributed by atoms with Gasteiger partial charge in [-0.25, -0.2) is 9.18 Å². The fourth-order valence-corrected chi connectivity index (χ4v) is 1.48. The van der Waals surface area contributed by atoms with Gasteiger partial charge in [-0.05, 0) is 18.6 Å². The maximum absolute atomic E-state index is 13.6. The molecular weight excluding hydrogens is 251 g/mol. The van der Waals surface area contributed by atoms with Crippen molar-refractivity contribution in [3.05, 3.63) is 29.6 Å². The second kappa shape index (κ2) is 7.20. The Labute approximate surface area is 110 Å². The van der Waals surface area contributed by atoms with Crippen molar-refractivity contribution < 1.29 is 14.4 Å². The number of carbonyl (C=O) groups is 1. The third kappa shape index (κ3) is 4.13. The quantitative estimate of drug-likeness (QED) is 0.215. The summed E-state index contributed by atoms with van der Waals surface area (Å²) in [5, 5.41) is 16.4. The SMILES string of the molecule is CCCCNC(=O)Nc1cccc(F)c1/C(N)=N/O. The number of rotatable bonds is 5. The van der Waals surface area contributed by atoms with Gasteiger partial charge in [0.15, 0.2) is 5.84 Å². The zero-order chi connectivity index (χ0) is 14.3. The summed E-state index contributed by atoms with van der Waals surface area (Å²) in [6.07, 6.45) is 1.80. The highest BCUT2D eigenvalue weighted by Crippen LogP contribution is 2.18. The molecule has 0 aromatic heterocycles. The Balaban J connectivity index is 2.83. The van der Waals surface area contributed by atoms with Crippen molar-refractivity contribution in [1.82, 2.24) is 5.32 Å². The van der Waals surface area contributed by atoms with Gasteiger partial charge in [0.1, 0.15) is 5.82 Å². The van der Waals surface area contributed by atoms with E-state index in [9.17, 15) is 9.18 Å². The molecule has 2 amide bonds. The van der Waals surface area contributed by atoms with Crippen LogP contribution < -0.4 is 16.4 Å². The first-order valence-corrected chi connectivity index (χ1v) is 5.91. The second-order valence-electron chi connectivity index (χ2n) is 3.88. The van der Waals surface area contributed by atoms with E-state index < -0.39 is 17.7 Å². The molecule has 0 aliphatic carbocycles. The van der Waals surface area contributed by atoms with Crippen LogP contribution in [0, 0.1) is 5.82 Å². The van der Waals surface area contributed by atoms with Crippen molar-refractivity contribution >= 4 is 17.6 Å². The van der Waals surface area contributed by atoms with Crippen molar-refractivity contribution in [1.29, 1.82) is 0 Å². The summed E-state index contributed by atoms with van der Waals surface area (Å²) in [5.74, 6) is -1.08. The number of amides is 2. The van der Waals surface area contributed by atoms with Crippen LogP contribution in [0.1, 0.15) is 25.3 Å². The number of nitrogens with two attached hydrogens (primary N) is 1. The first-order valence-electron chi connectivity index (χ1n) is 5.91. The van der Waals surface area contributed by atoms with Crippen LogP contribution >= 0.6 is 0 Å². The molecule has 0 atom stereocenters. The number of hydrogen-bond donors (Lipinski definition) is 4. The second-order valence-corrected chi connectivity index (χ2v) is 3.88. The fraction of sp³-hybridized carbons (Fsp3) is 0.333. The number of nitrogens with zero attached hydrogens (tertiary/aromatic N) is 1. The van der Waals surface area contributed by atoms with Crippen molar-refractivity contribution in [2.75, 3.05) is 11.9 Å². The number of amidine groups is 1. The normalized spacial score (nSPS) is 11.2. The van der Waals surface area contributed by atoms with Crippen molar-refractivity contribution in [2.24, 2.45) is 10.9 Å².